The molecule has 0 unspecified atom stereocenters. The van der Waals surface area contributed by atoms with Crippen LogP contribution in [0.15, 0.2) is 65.8 Å². The number of carbonyl (C=O) groups excluding carboxylic acids is 1. The number of aromatic nitrogens is 2. The molecule has 186 valence electrons. The van der Waals surface area contributed by atoms with E-state index in [-0.39, 0.29) is 34.0 Å². The third-order valence-corrected chi connectivity index (χ3v) is 8.18. The highest BCUT2D eigenvalue weighted by Crippen LogP contribution is 2.32. The quantitative estimate of drug-likeness (QED) is 0.515. The van der Waals surface area contributed by atoms with Gasteiger partial charge in [0.1, 0.15) is 10.6 Å². The first-order chi connectivity index (χ1) is 16.8. The number of sulfonamides is 1. The van der Waals surface area contributed by atoms with Crippen molar-refractivity contribution in [1.82, 2.24) is 19.4 Å². The van der Waals surface area contributed by atoms with Gasteiger partial charge in [-0.05, 0) is 53.6 Å². The van der Waals surface area contributed by atoms with Gasteiger partial charge in [-0.2, -0.15) is 9.40 Å². The summed E-state index contributed by atoms with van der Waals surface area (Å²) in [6, 6.07) is 14.3. The van der Waals surface area contributed by atoms with E-state index in [2.05, 4.69) is 24.3 Å². The third-order valence-electron chi connectivity index (χ3n) is 6.33. The lowest BCUT2D eigenvalue weighted by Crippen LogP contribution is -2.42. The van der Waals surface area contributed by atoms with Crippen LogP contribution in [-0.4, -0.2) is 48.6 Å². The molecule has 0 bridgehead atoms. The van der Waals surface area contributed by atoms with Crippen LogP contribution in [-0.2, 0) is 23.1 Å². The van der Waals surface area contributed by atoms with Crippen molar-refractivity contribution in [2.45, 2.75) is 38.3 Å². The van der Waals surface area contributed by atoms with Gasteiger partial charge in [0.2, 0.25) is 10.0 Å². The number of piperidine rings is 1. The highest BCUT2D eigenvalue weighted by molar-refractivity contribution is 7.89. The first-order valence-electron chi connectivity index (χ1n) is 11.8. The zero-order valence-corrected chi connectivity index (χ0v) is 21.2. The van der Waals surface area contributed by atoms with Crippen molar-refractivity contribution in [2.75, 3.05) is 20.2 Å². The van der Waals surface area contributed by atoms with Crippen molar-refractivity contribution in [1.29, 1.82) is 0 Å². The van der Waals surface area contributed by atoms with Crippen molar-refractivity contribution in [3.63, 3.8) is 0 Å². The first kappa shape index (κ1) is 24.9. The molecule has 1 N–H and O–H groups in total. The molecule has 3 aromatic rings. The summed E-state index contributed by atoms with van der Waals surface area (Å²) in [5.74, 6) is 0.427. The molecule has 4 rings (SSSR count). The fraction of sp³-hybridized carbons (Fsp3) is 0.385. The number of hydrogen-bond donors (Lipinski definition) is 1. The van der Waals surface area contributed by atoms with Crippen LogP contribution in [0.2, 0.25) is 0 Å². The third kappa shape index (κ3) is 5.74. The standard InChI is InChI=1S/C26H32N4O4S/c1-19-13-20(2)17-30(16-19)35(32,33)25-14-21(9-10-24(25)34-3)26(31)27-15-22-7-4-5-8-23(22)18-29-12-6-11-28-29/h4-12,14,19-20H,13,15-18H2,1-3H3,(H,27,31)/t19-,20+. The molecular weight excluding hydrogens is 464 g/mol. The molecule has 2 aromatic carbocycles. The van der Waals surface area contributed by atoms with Crippen LogP contribution in [0.25, 0.3) is 0 Å². The van der Waals surface area contributed by atoms with Crippen molar-refractivity contribution in [2.24, 2.45) is 11.8 Å². The van der Waals surface area contributed by atoms with E-state index in [9.17, 15) is 13.2 Å². The second-order valence-electron chi connectivity index (χ2n) is 9.29. The van der Waals surface area contributed by atoms with E-state index in [1.54, 1.807) is 18.3 Å². The molecule has 1 aliphatic rings. The summed E-state index contributed by atoms with van der Waals surface area (Å²) in [4.78, 5) is 13.0. The van der Waals surface area contributed by atoms with Crippen molar-refractivity contribution in [3.8, 4) is 5.75 Å². The summed E-state index contributed by atoms with van der Waals surface area (Å²) in [7, 11) is -2.37. The summed E-state index contributed by atoms with van der Waals surface area (Å²) in [5, 5.41) is 7.18. The lowest BCUT2D eigenvalue weighted by atomic mass is 9.94. The van der Waals surface area contributed by atoms with Crippen LogP contribution in [0.5, 0.6) is 5.75 Å². The maximum atomic E-state index is 13.5. The molecule has 2 heterocycles. The van der Waals surface area contributed by atoms with Crippen molar-refractivity contribution >= 4 is 15.9 Å². The van der Waals surface area contributed by atoms with Crippen LogP contribution in [0.4, 0.5) is 0 Å². The normalized spacial score (nSPS) is 18.8. The van der Waals surface area contributed by atoms with E-state index in [0.717, 1.165) is 17.5 Å². The van der Waals surface area contributed by atoms with E-state index in [4.69, 9.17) is 4.74 Å². The topological polar surface area (TPSA) is 93.5 Å². The zero-order valence-electron chi connectivity index (χ0n) is 20.3. The molecule has 2 atom stereocenters. The second-order valence-corrected chi connectivity index (χ2v) is 11.2. The Kier molecular flexibility index (Phi) is 7.57. The van der Waals surface area contributed by atoms with Crippen LogP contribution in [0, 0.1) is 11.8 Å². The second kappa shape index (κ2) is 10.6. The summed E-state index contributed by atoms with van der Waals surface area (Å²) in [5.41, 5.74) is 2.28. The SMILES string of the molecule is COc1ccc(C(=O)NCc2ccccc2Cn2cccn2)cc1S(=O)(=O)N1C[C@H](C)C[C@H](C)C1. The molecule has 8 nitrogen and oxygen atoms in total. The Morgan fingerprint density at radius 3 is 2.46 bits per heavy atom. The molecule has 0 saturated carbocycles. The molecule has 1 aliphatic heterocycles. The van der Waals surface area contributed by atoms with E-state index in [1.807, 2.05) is 41.2 Å². The fourth-order valence-corrected chi connectivity index (χ4v) is 6.55. The van der Waals surface area contributed by atoms with Gasteiger partial charge in [0.15, 0.2) is 0 Å². The van der Waals surface area contributed by atoms with Crippen LogP contribution in [0.1, 0.15) is 41.8 Å². The number of amides is 1. The summed E-state index contributed by atoms with van der Waals surface area (Å²) in [6.07, 6.45) is 4.61. The molecular formula is C26H32N4O4S. The zero-order chi connectivity index (χ0) is 25.0. The predicted octanol–water partition coefficient (Wildman–Crippen LogP) is 3.54. The lowest BCUT2D eigenvalue weighted by Gasteiger charge is -2.34. The van der Waals surface area contributed by atoms with Crippen LogP contribution < -0.4 is 10.1 Å². The first-order valence-corrected chi connectivity index (χ1v) is 13.2. The number of nitrogens with one attached hydrogen (secondary N) is 1. The number of nitrogens with zero attached hydrogens (tertiary/aromatic N) is 3. The Labute approximate surface area is 207 Å². The Bertz CT molecular complexity index is 1260. The summed E-state index contributed by atoms with van der Waals surface area (Å²) < 4.78 is 35.7. The largest absolute Gasteiger partial charge is 0.495 e. The highest BCUT2D eigenvalue weighted by Gasteiger charge is 2.34. The number of hydrogen-bond acceptors (Lipinski definition) is 5. The minimum Gasteiger partial charge on any atom is -0.495 e. The van der Waals surface area contributed by atoms with Gasteiger partial charge in [-0.1, -0.05) is 38.1 Å². The van der Waals surface area contributed by atoms with Gasteiger partial charge in [-0.3, -0.25) is 9.48 Å². The molecule has 0 spiro atoms. The Hall–Kier alpha value is -3.17. The molecule has 35 heavy (non-hydrogen) atoms. The summed E-state index contributed by atoms with van der Waals surface area (Å²) >= 11 is 0. The Morgan fingerprint density at radius 1 is 1.09 bits per heavy atom. The average Bonchev–Trinajstić information content (AvgIpc) is 3.35. The van der Waals surface area contributed by atoms with E-state index in [1.165, 1.54) is 17.5 Å². The molecule has 1 amide bonds. The summed E-state index contributed by atoms with van der Waals surface area (Å²) in [6.45, 7) is 5.94. The Morgan fingerprint density at radius 2 is 1.80 bits per heavy atom. The highest BCUT2D eigenvalue weighted by atomic mass is 32.2. The van der Waals surface area contributed by atoms with E-state index in [0.29, 0.717) is 26.2 Å². The minimum atomic E-state index is -3.81. The maximum Gasteiger partial charge on any atom is 0.251 e. The minimum absolute atomic E-state index is 0.0213. The molecule has 1 aromatic heterocycles. The van der Waals surface area contributed by atoms with Crippen LogP contribution >= 0.6 is 0 Å². The van der Waals surface area contributed by atoms with Gasteiger partial charge in [0.25, 0.3) is 5.91 Å². The maximum absolute atomic E-state index is 13.5. The monoisotopic (exact) mass is 496 g/mol. The molecule has 9 heteroatoms. The number of benzene rings is 2. The van der Waals surface area contributed by atoms with Crippen molar-refractivity contribution in [3.05, 3.63) is 77.6 Å². The number of methoxy groups -OCH3 is 1. The van der Waals surface area contributed by atoms with Crippen molar-refractivity contribution < 1.29 is 17.9 Å². The fourth-order valence-electron chi connectivity index (χ4n) is 4.69. The van der Waals surface area contributed by atoms with Gasteiger partial charge in [0.05, 0.1) is 13.7 Å². The Balaban J connectivity index is 1.53. The van der Waals surface area contributed by atoms with E-state index >= 15 is 0 Å². The predicted molar refractivity (Wildman–Crippen MR) is 134 cm³/mol. The van der Waals surface area contributed by atoms with Gasteiger partial charge in [-0.25, -0.2) is 8.42 Å². The average molecular weight is 497 g/mol. The molecule has 1 fully saturated rings. The molecule has 0 aliphatic carbocycles. The van der Waals surface area contributed by atoms with Gasteiger partial charge in [0, 0.05) is 37.6 Å². The van der Waals surface area contributed by atoms with Gasteiger partial charge < -0.3 is 10.1 Å². The molecule has 0 radical (unpaired) electrons. The smallest absolute Gasteiger partial charge is 0.251 e. The number of rotatable bonds is 8. The van der Waals surface area contributed by atoms with Gasteiger partial charge >= 0.3 is 0 Å². The van der Waals surface area contributed by atoms with Gasteiger partial charge in [-0.15, -0.1) is 0 Å². The molecule has 1 saturated heterocycles. The van der Waals surface area contributed by atoms with Crippen LogP contribution in [0.3, 0.4) is 0 Å². The number of carbonyl (C=O) groups is 1. The number of ether oxygens (including phenoxy) is 1. The van der Waals surface area contributed by atoms with E-state index < -0.39 is 10.0 Å². The lowest BCUT2D eigenvalue weighted by molar-refractivity contribution is 0.0950.